The Bertz CT molecular complexity index is 411. The third-order valence-corrected chi connectivity index (χ3v) is 3.48. The van der Waals surface area contributed by atoms with Crippen molar-refractivity contribution >= 4 is 11.3 Å². The first-order valence-electron chi connectivity index (χ1n) is 5.94. The van der Waals surface area contributed by atoms with Crippen LogP contribution in [-0.2, 0) is 12.8 Å². The minimum atomic E-state index is 0.615. The van der Waals surface area contributed by atoms with Crippen molar-refractivity contribution in [1.82, 2.24) is 10.3 Å². The lowest BCUT2D eigenvalue weighted by atomic mass is 9.95. The highest BCUT2D eigenvalue weighted by Gasteiger charge is 2.11. The van der Waals surface area contributed by atoms with E-state index in [9.17, 15) is 0 Å². The van der Waals surface area contributed by atoms with Crippen LogP contribution < -0.4 is 5.32 Å². The highest BCUT2D eigenvalue weighted by molar-refractivity contribution is 7.07. The van der Waals surface area contributed by atoms with Gasteiger partial charge in [-0.1, -0.05) is 30.3 Å². The van der Waals surface area contributed by atoms with Gasteiger partial charge >= 0.3 is 0 Å². The van der Waals surface area contributed by atoms with Crippen molar-refractivity contribution < 1.29 is 0 Å². The van der Waals surface area contributed by atoms with Gasteiger partial charge < -0.3 is 5.32 Å². The minimum Gasteiger partial charge on any atom is -0.319 e. The maximum Gasteiger partial charge on any atom is 0.0794 e. The molecule has 0 fully saturated rings. The summed E-state index contributed by atoms with van der Waals surface area (Å²) in [5, 5.41) is 5.42. The highest BCUT2D eigenvalue weighted by atomic mass is 32.1. The zero-order valence-corrected chi connectivity index (χ0v) is 10.9. The van der Waals surface area contributed by atoms with Crippen molar-refractivity contribution in [2.24, 2.45) is 5.92 Å². The van der Waals surface area contributed by atoms with E-state index < -0.39 is 0 Å². The van der Waals surface area contributed by atoms with Gasteiger partial charge in [0.2, 0.25) is 0 Å². The second kappa shape index (κ2) is 6.52. The summed E-state index contributed by atoms with van der Waals surface area (Å²) < 4.78 is 0. The van der Waals surface area contributed by atoms with E-state index in [0.717, 1.165) is 19.4 Å². The summed E-state index contributed by atoms with van der Waals surface area (Å²) in [5.74, 6) is 0.615. The molecule has 1 N–H and O–H groups in total. The van der Waals surface area contributed by atoms with Crippen LogP contribution >= 0.6 is 11.3 Å². The Morgan fingerprint density at radius 3 is 2.71 bits per heavy atom. The van der Waals surface area contributed by atoms with Crippen molar-refractivity contribution in [3.05, 3.63) is 52.5 Å². The number of rotatable bonds is 6. The van der Waals surface area contributed by atoms with Gasteiger partial charge in [0.1, 0.15) is 0 Å². The summed E-state index contributed by atoms with van der Waals surface area (Å²) in [5.41, 5.74) is 4.53. The minimum absolute atomic E-state index is 0.615. The molecular weight excluding hydrogens is 228 g/mol. The van der Waals surface area contributed by atoms with E-state index in [1.54, 1.807) is 11.3 Å². The first-order chi connectivity index (χ1) is 8.38. The maximum atomic E-state index is 4.37. The molecule has 0 radical (unpaired) electrons. The second-order valence-corrected chi connectivity index (χ2v) is 5.02. The zero-order valence-electron chi connectivity index (χ0n) is 10.1. The lowest BCUT2D eigenvalue weighted by Gasteiger charge is -2.15. The molecule has 1 aromatic carbocycles. The van der Waals surface area contributed by atoms with Crippen LogP contribution in [0.2, 0.25) is 0 Å². The van der Waals surface area contributed by atoms with E-state index in [4.69, 9.17) is 0 Å². The monoisotopic (exact) mass is 246 g/mol. The Kier molecular flexibility index (Phi) is 4.71. The summed E-state index contributed by atoms with van der Waals surface area (Å²) in [6, 6.07) is 10.7. The lowest BCUT2D eigenvalue weighted by Crippen LogP contribution is -2.22. The lowest BCUT2D eigenvalue weighted by molar-refractivity contribution is 0.489. The van der Waals surface area contributed by atoms with Crippen LogP contribution in [0.3, 0.4) is 0 Å². The van der Waals surface area contributed by atoms with Gasteiger partial charge in [-0.3, -0.25) is 0 Å². The molecule has 0 saturated carbocycles. The van der Waals surface area contributed by atoms with Crippen LogP contribution in [0.1, 0.15) is 11.3 Å². The van der Waals surface area contributed by atoms with Gasteiger partial charge in [-0.2, -0.15) is 0 Å². The molecule has 2 aromatic rings. The molecule has 17 heavy (non-hydrogen) atoms. The third kappa shape index (κ3) is 3.95. The molecule has 3 heteroatoms. The van der Waals surface area contributed by atoms with Gasteiger partial charge in [0.25, 0.3) is 0 Å². The Morgan fingerprint density at radius 1 is 1.24 bits per heavy atom. The van der Waals surface area contributed by atoms with Crippen molar-refractivity contribution in [2.45, 2.75) is 12.8 Å². The topological polar surface area (TPSA) is 24.9 Å². The molecule has 1 atom stereocenters. The predicted octanol–water partition coefficient (Wildman–Crippen LogP) is 2.76. The average molecular weight is 246 g/mol. The van der Waals surface area contributed by atoms with Crippen LogP contribution in [0.15, 0.2) is 41.2 Å². The molecule has 0 amide bonds. The fourth-order valence-electron chi connectivity index (χ4n) is 2.09. The smallest absolute Gasteiger partial charge is 0.0794 e. The van der Waals surface area contributed by atoms with Gasteiger partial charge in [-0.25, -0.2) is 4.98 Å². The van der Waals surface area contributed by atoms with Crippen LogP contribution in [0.5, 0.6) is 0 Å². The van der Waals surface area contributed by atoms with Crippen molar-refractivity contribution in [1.29, 1.82) is 0 Å². The van der Waals surface area contributed by atoms with E-state index in [0.29, 0.717) is 5.92 Å². The summed E-state index contributed by atoms with van der Waals surface area (Å²) in [4.78, 5) is 4.37. The molecule has 0 aliphatic carbocycles. The highest BCUT2D eigenvalue weighted by Crippen LogP contribution is 2.14. The summed E-state index contributed by atoms with van der Waals surface area (Å²) >= 11 is 1.67. The zero-order chi connectivity index (χ0) is 11.9. The quantitative estimate of drug-likeness (QED) is 0.848. The Labute approximate surface area is 107 Å². The SMILES string of the molecule is CNCC(Cc1ccccc1)Cc1cscn1. The molecule has 2 nitrogen and oxygen atoms in total. The van der Waals surface area contributed by atoms with Crippen LogP contribution in [0.4, 0.5) is 0 Å². The molecule has 0 aliphatic heterocycles. The normalized spacial score (nSPS) is 12.5. The second-order valence-electron chi connectivity index (χ2n) is 4.30. The largest absolute Gasteiger partial charge is 0.319 e. The van der Waals surface area contributed by atoms with Crippen molar-refractivity contribution in [3.63, 3.8) is 0 Å². The van der Waals surface area contributed by atoms with E-state index >= 15 is 0 Å². The molecular formula is C14H18N2S. The fourth-order valence-corrected chi connectivity index (χ4v) is 2.66. The number of benzene rings is 1. The van der Waals surface area contributed by atoms with E-state index in [1.807, 2.05) is 12.6 Å². The van der Waals surface area contributed by atoms with Gasteiger partial charge in [0.05, 0.1) is 11.2 Å². The Balaban J connectivity index is 1.97. The average Bonchev–Trinajstić information content (AvgIpc) is 2.83. The summed E-state index contributed by atoms with van der Waals surface area (Å²) in [6.07, 6.45) is 2.17. The maximum absolute atomic E-state index is 4.37. The van der Waals surface area contributed by atoms with Crippen LogP contribution in [0.25, 0.3) is 0 Å². The Morgan fingerprint density at radius 2 is 2.06 bits per heavy atom. The van der Waals surface area contributed by atoms with Gasteiger partial charge in [0, 0.05) is 5.38 Å². The van der Waals surface area contributed by atoms with E-state index in [1.165, 1.54) is 11.3 Å². The fraction of sp³-hybridized carbons (Fsp3) is 0.357. The Hall–Kier alpha value is -1.19. The number of thiazole rings is 1. The number of nitrogens with zero attached hydrogens (tertiary/aromatic N) is 1. The van der Waals surface area contributed by atoms with Crippen LogP contribution in [0, 0.1) is 5.92 Å². The molecule has 0 aliphatic rings. The molecule has 0 bridgehead atoms. The standard InChI is InChI=1S/C14H18N2S/c1-15-9-13(8-14-10-17-11-16-14)7-12-5-3-2-4-6-12/h2-6,10-11,13,15H,7-9H2,1H3. The number of hydrogen-bond acceptors (Lipinski definition) is 3. The molecule has 0 saturated heterocycles. The van der Waals surface area contributed by atoms with Crippen LogP contribution in [-0.4, -0.2) is 18.6 Å². The predicted molar refractivity (Wildman–Crippen MR) is 73.4 cm³/mol. The van der Waals surface area contributed by atoms with Crippen molar-refractivity contribution in [2.75, 3.05) is 13.6 Å². The number of nitrogens with one attached hydrogen (secondary N) is 1. The van der Waals surface area contributed by atoms with E-state index in [-0.39, 0.29) is 0 Å². The molecule has 90 valence electrons. The molecule has 1 heterocycles. The van der Waals surface area contributed by atoms with E-state index in [2.05, 4.69) is 46.0 Å². The molecule has 2 rings (SSSR count). The van der Waals surface area contributed by atoms with Crippen molar-refractivity contribution in [3.8, 4) is 0 Å². The van der Waals surface area contributed by atoms with Gasteiger partial charge in [-0.05, 0) is 37.9 Å². The number of hydrogen-bond donors (Lipinski definition) is 1. The first-order valence-corrected chi connectivity index (χ1v) is 6.88. The summed E-state index contributed by atoms with van der Waals surface area (Å²) in [7, 11) is 2.01. The number of aromatic nitrogens is 1. The molecule has 1 unspecified atom stereocenters. The summed E-state index contributed by atoms with van der Waals surface area (Å²) in [6.45, 7) is 1.03. The van der Waals surface area contributed by atoms with Gasteiger partial charge in [-0.15, -0.1) is 11.3 Å². The molecule has 1 aromatic heterocycles. The first kappa shape index (κ1) is 12.3. The van der Waals surface area contributed by atoms with Gasteiger partial charge in [0.15, 0.2) is 0 Å². The molecule has 0 spiro atoms. The third-order valence-electron chi connectivity index (χ3n) is 2.84.